The number of rotatable bonds is 5. The maximum absolute atomic E-state index is 13.1. The normalized spacial score (nSPS) is 11.0. The number of aromatic nitrogens is 2. The van der Waals surface area contributed by atoms with Crippen molar-refractivity contribution in [2.75, 3.05) is 5.73 Å². The van der Waals surface area contributed by atoms with Crippen LogP contribution in [0.2, 0.25) is 0 Å². The van der Waals surface area contributed by atoms with Crippen LogP contribution in [0.5, 0.6) is 5.75 Å². The zero-order chi connectivity index (χ0) is 16.1. The van der Waals surface area contributed by atoms with Crippen LogP contribution in [-0.4, -0.2) is 10.2 Å². The maximum Gasteiger partial charge on any atom is 0.313 e. The molecule has 0 aliphatic carbocycles. The molecule has 0 fully saturated rings. The molecule has 0 bridgehead atoms. The van der Waals surface area contributed by atoms with E-state index in [1.54, 1.807) is 12.1 Å². The Kier molecular flexibility index (Phi) is 4.33. The van der Waals surface area contributed by atoms with Crippen molar-refractivity contribution in [1.29, 1.82) is 0 Å². The fourth-order valence-electron chi connectivity index (χ4n) is 1.98. The molecule has 5 nitrogen and oxygen atoms in total. The topological polar surface area (TPSA) is 74.2 Å². The monoisotopic (exact) mass is 311 g/mol. The van der Waals surface area contributed by atoms with Gasteiger partial charge >= 0.3 is 6.01 Å². The Morgan fingerprint density at radius 3 is 2.74 bits per heavy atom. The molecule has 0 spiro atoms. The van der Waals surface area contributed by atoms with Gasteiger partial charge in [0, 0.05) is 6.08 Å². The molecule has 0 unspecified atom stereocenters. The van der Waals surface area contributed by atoms with Gasteiger partial charge in [0.15, 0.2) is 0 Å². The maximum atomic E-state index is 13.1. The molecular weight excluding hydrogens is 297 g/mol. The minimum atomic E-state index is -0.276. The van der Waals surface area contributed by atoms with Crippen molar-refractivity contribution in [1.82, 2.24) is 10.2 Å². The molecule has 0 radical (unpaired) electrons. The number of benzene rings is 2. The number of nitrogen functional groups attached to an aromatic ring is 1. The van der Waals surface area contributed by atoms with Gasteiger partial charge < -0.3 is 14.9 Å². The summed E-state index contributed by atoms with van der Waals surface area (Å²) in [5.41, 5.74) is 7.03. The molecule has 0 aliphatic rings. The van der Waals surface area contributed by atoms with Gasteiger partial charge in [-0.05, 0) is 41.5 Å². The van der Waals surface area contributed by atoms with Crippen LogP contribution in [0, 0.1) is 5.82 Å². The molecule has 23 heavy (non-hydrogen) atoms. The van der Waals surface area contributed by atoms with Crippen LogP contribution < -0.4 is 10.5 Å². The Bertz CT molecular complexity index is 830. The summed E-state index contributed by atoms with van der Waals surface area (Å²) in [4.78, 5) is 0. The van der Waals surface area contributed by atoms with Crippen molar-refractivity contribution in [3.63, 3.8) is 0 Å². The predicted octanol–water partition coefficient (Wildman–Crippen LogP) is 3.54. The summed E-state index contributed by atoms with van der Waals surface area (Å²) in [7, 11) is 0. The van der Waals surface area contributed by atoms with Crippen LogP contribution in [0.3, 0.4) is 0 Å². The van der Waals surface area contributed by atoms with Crippen molar-refractivity contribution in [2.45, 2.75) is 6.61 Å². The SMILES string of the molecule is Nc1nnc(/C=C/c2cccc(OCc3cccc(F)c3)c2)o1. The molecule has 0 amide bonds. The van der Waals surface area contributed by atoms with Crippen LogP contribution in [0.25, 0.3) is 12.2 Å². The zero-order valence-corrected chi connectivity index (χ0v) is 12.1. The average molecular weight is 311 g/mol. The molecule has 116 valence electrons. The van der Waals surface area contributed by atoms with Gasteiger partial charge in [0.25, 0.3) is 0 Å². The molecule has 1 aromatic heterocycles. The van der Waals surface area contributed by atoms with E-state index >= 15 is 0 Å². The highest BCUT2D eigenvalue weighted by Crippen LogP contribution is 2.17. The molecule has 0 saturated carbocycles. The lowest BCUT2D eigenvalue weighted by atomic mass is 10.2. The number of ether oxygens (including phenoxy) is 1. The van der Waals surface area contributed by atoms with Crippen LogP contribution in [0.15, 0.2) is 52.9 Å². The summed E-state index contributed by atoms with van der Waals surface area (Å²) in [5.74, 6) is 0.733. The summed E-state index contributed by atoms with van der Waals surface area (Å²) in [6, 6.07) is 13.8. The third-order valence-electron chi connectivity index (χ3n) is 3.03. The van der Waals surface area contributed by atoms with E-state index in [4.69, 9.17) is 14.9 Å². The van der Waals surface area contributed by atoms with Crippen LogP contribution >= 0.6 is 0 Å². The summed E-state index contributed by atoms with van der Waals surface area (Å²) < 4.78 is 23.9. The van der Waals surface area contributed by atoms with E-state index in [1.165, 1.54) is 12.1 Å². The lowest BCUT2D eigenvalue weighted by Gasteiger charge is -2.07. The van der Waals surface area contributed by atoms with Gasteiger partial charge in [-0.25, -0.2) is 4.39 Å². The molecule has 3 aromatic rings. The summed E-state index contributed by atoms with van der Waals surface area (Å²) in [5, 5.41) is 7.31. The quantitative estimate of drug-likeness (QED) is 0.780. The number of nitrogens with zero attached hydrogens (tertiary/aromatic N) is 2. The standard InChI is InChI=1S/C17H14FN3O2/c18-14-5-1-4-13(9-14)11-22-15-6-2-3-12(10-15)7-8-16-20-21-17(19)23-16/h1-10H,11H2,(H2,19,21)/b8-7+. The zero-order valence-electron chi connectivity index (χ0n) is 12.1. The van der Waals surface area contributed by atoms with Gasteiger partial charge in [-0.1, -0.05) is 29.4 Å². The molecule has 2 aromatic carbocycles. The summed E-state index contributed by atoms with van der Waals surface area (Å²) in [6.45, 7) is 0.297. The molecule has 0 atom stereocenters. The highest BCUT2D eigenvalue weighted by molar-refractivity contribution is 5.66. The van der Waals surface area contributed by atoms with E-state index in [0.29, 0.717) is 18.2 Å². The number of nitrogens with two attached hydrogens (primary N) is 1. The largest absolute Gasteiger partial charge is 0.489 e. The van der Waals surface area contributed by atoms with Crippen molar-refractivity contribution < 1.29 is 13.5 Å². The predicted molar refractivity (Wildman–Crippen MR) is 84.8 cm³/mol. The first kappa shape index (κ1) is 14.8. The van der Waals surface area contributed by atoms with Crippen LogP contribution in [0.1, 0.15) is 17.0 Å². The third kappa shape index (κ3) is 4.16. The molecule has 6 heteroatoms. The van der Waals surface area contributed by atoms with Crippen LogP contribution in [-0.2, 0) is 6.61 Å². The third-order valence-corrected chi connectivity index (χ3v) is 3.03. The molecule has 0 aliphatic heterocycles. The smallest absolute Gasteiger partial charge is 0.313 e. The lowest BCUT2D eigenvalue weighted by Crippen LogP contribution is -1.95. The first-order valence-corrected chi connectivity index (χ1v) is 6.93. The molecule has 1 heterocycles. The van der Waals surface area contributed by atoms with E-state index in [2.05, 4.69) is 10.2 Å². The second-order valence-corrected chi connectivity index (χ2v) is 4.80. The van der Waals surface area contributed by atoms with Gasteiger partial charge in [-0.15, -0.1) is 5.10 Å². The van der Waals surface area contributed by atoms with E-state index in [1.807, 2.05) is 36.4 Å². The first-order chi connectivity index (χ1) is 11.2. The van der Waals surface area contributed by atoms with Crippen molar-refractivity contribution in [2.24, 2.45) is 0 Å². The van der Waals surface area contributed by atoms with Gasteiger partial charge in [0.1, 0.15) is 18.2 Å². The van der Waals surface area contributed by atoms with E-state index in [-0.39, 0.29) is 11.8 Å². The van der Waals surface area contributed by atoms with Crippen LogP contribution in [0.4, 0.5) is 10.4 Å². The summed E-state index contributed by atoms with van der Waals surface area (Å²) in [6.07, 6.45) is 3.47. The molecule has 2 N–H and O–H groups in total. The van der Waals surface area contributed by atoms with Crippen molar-refractivity contribution in [3.05, 3.63) is 71.4 Å². The number of halogens is 1. The Morgan fingerprint density at radius 2 is 1.96 bits per heavy atom. The first-order valence-electron chi connectivity index (χ1n) is 6.93. The van der Waals surface area contributed by atoms with E-state index in [0.717, 1.165) is 11.1 Å². The Balaban J connectivity index is 1.66. The Hall–Kier alpha value is -3.15. The lowest BCUT2D eigenvalue weighted by molar-refractivity contribution is 0.305. The second-order valence-electron chi connectivity index (χ2n) is 4.80. The van der Waals surface area contributed by atoms with Crippen molar-refractivity contribution >= 4 is 18.2 Å². The van der Waals surface area contributed by atoms with Crippen molar-refractivity contribution in [3.8, 4) is 5.75 Å². The molecule has 3 rings (SSSR count). The highest BCUT2D eigenvalue weighted by Gasteiger charge is 2.00. The van der Waals surface area contributed by atoms with Gasteiger partial charge in [-0.2, -0.15) is 0 Å². The fourth-order valence-corrected chi connectivity index (χ4v) is 1.98. The fraction of sp³-hybridized carbons (Fsp3) is 0.0588. The van der Waals surface area contributed by atoms with E-state index in [9.17, 15) is 4.39 Å². The summed E-state index contributed by atoms with van der Waals surface area (Å²) >= 11 is 0. The second kappa shape index (κ2) is 6.74. The average Bonchev–Trinajstić information content (AvgIpc) is 2.97. The number of anilines is 1. The minimum absolute atomic E-state index is 0.0248. The van der Waals surface area contributed by atoms with E-state index < -0.39 is 0 Å². The molecular formula is C17H14FN3O2. The minimum Gasteiger partial charge on any atom is -0.489 e. The van der Waals surface area contributed by atoms with Gasteiger partial charge in [-0.3, -0.25) is 0 Å². The van der Waals surface area contributed by atoms with Gasteiger partial charge in [0.2, 0.25) is 5.89 Å². The number of hydrogen-bond acceptors (Lipinski definition) is 5. The van der Waals surface area contributed by atoms with Gasteiger partial charge in [0.05, 0.1) is 0 Å². The highest BCUT2D eigenvalue weighted by atomic mass is 19.1. The Labute approximate surface area is 132 Å². The Morgan fingerprint density at radius 1 is 1.09 bits per heavy atom. The number of hydrogen-bond donors (Lipinski definition) is 1. The molecule has 0 saturated heterocycles.